The van der Waals surface area contributed by atoms with Crippen molar-refractivity contribution in [1.82, 2.24) is 5.32 Å². The van der Waals surface area contributed by atoms with Crippen LogP contribution >= 0.6 is 11.3 Å². The van der Waals surface area contributed by atoms with Crippen LogP contribution in [0.3, 0.4) is 0 Å². The van der Waals surface area contributed by atoms with Crippen LogP contribution in [0.1, 0.15) is 33.8 Å². The fourth-order valence-electron chi connectivity index (χ4n) is 1.97. The number of hydrogen-bond donors (Lipinski definition) is 1. The number of aryl methyl sites for hydroxylation is 2. The van der Waals surface area contributed by atoms with Crippen LogP contribution in [-0.2, 0) is 6.42 Å². The molecule has 0 aliphatic rings. The van der Waals surface area contributed by atoms with Crippen LogP contribution in [-0.4, -0.2) is 7.05 Å². The predicted octanol–water partition coefficient (Wildman–Crippen LogP) is 3.93. The Bertz CT molecular complexity index is 470. The van der Waals surface area contributed by atoms with Crippen LogP contribution in [0.2, 0.25) is 0 Å². The highest BCUT2D eigenvalue weighted by molar-refractivity contribution is 7.12. The van der Waals surface area contributed by atoms with Crippen LogP contribution < -0.4 is 5.32 Å². The lowest BCUT2D eigenvalue weighted by molar-refractivity contribution is 0.704. The molecule has 1 unspecified atom stereocenters. The molecule has 0 saturated carbocycles. The quantitative estimate of drug-likeness (QED) is 0.860. The van der Waals surface area contributed by atoms with E-state index in [4.69, 9.17) is 0 Å². The zero-order valence-corrected chi connectivity index (χ0v) is 11.5. The minimum Gasteiger partial charge on any atom is -0.309 e. The van der Waals surface area contributed by atoms with Crippen molar-refractivity contribution in [2.45, 2.75) is 26.3 Å². The first-order valence-electron chi connectivity index (χ1n) is 6.07. The van der Waals surface area contributed by atoms with Crippen molar-refractivity contribution in [3.8, 4) is 0 Å². The second-order valence-corrected chi connectivity index (χ2v) is 5.49. The van der Waals surface area contributed by atoms with Gasteiger partial charge < -0.3 is 5.32 Å². The maximum Gasteiger partial charge on any atom is 0.0668 e. The van der Waals surface area contributed by atoms with Gasteiger partial charge in [-0.3, -0.25) is 0 Å². The maximum absolute atomic E-state index is 3.40. The van der Waals surface area contributed by atoms with E-state index in [1.54, 1.807) is 0 Å². The van der Waals surface area contributed by atoms with Crippen molar-refractivity contribution in [2.75, 3.05) is 7.05 Å². The Morgan fingerprint density at radius 2 is 1.82 bits per heavy atom. The molecule has 1 N–H and O–H groups in total. The Kier molecular flexibility index (Phi) is 3.97. The van der Waals surface area contributed by atoms with Crippen molar-refractivity contribution >= 4 is 11.3 Å². The first-order chi connectivity index (χ1) is 8.24. The lowest BCUT2D eigenvalue weighted by Gasteiger charge is -2.15. The number of hydrogen-bond acceptors (Lipinski definition) is 2. The molecule has 1 heterocycles. The molecule has 0 saturated heterocycles. The molecule has 2 rings (SSSR count). The number of rotatable bonds is 4. The highest BCUT2D eigenvalue weighted by Crippen LogP contribution is 2.28. The fraction of sp³-hybridized carbons (Fsp3) is 0.333. The van der Waals surface area contributed by atoms with E-state index in [-0.39, 0.29) is 0 Å². The Balaban J connectivity index is 2.29. The molecule has 0 radical (unpaired) electrons. The third-order valence-corrected chi connectivity index (χ3v) is 4.31. The molecule has 90 valence electrons. The largest absolute Gasteiger partial charge is 0.309 e. The van der Waals surface area contributed by atoms with Crippen molar-refractivity contribution in [2.24, 2.45) is 0 Å². The highest BCUT2D eigenvalue weighted by Gasteiger charge is 2.13. The highest BCUT2D eigenvalue weighted by atomic mass is 32.1. The Morgan fingerprint density at radius 1 is 1.12 bits per heavy atom. The molecule has 0 aliphatic heterocycles. The summed E-state index contributed by atoms with van der Waals surface area (Å²) in [6.07, 6.45) is 1.12. The summed E-state index contributed by atoms with van der Waals surface area (Å²) in [5, 5.41) is 3.40. The first-order valence-corrected chi connectivity index (χ1v) is 6.88. The van der Waals surface area contributed by atoms with E-state index in [0.29, 0.717) is 6.04 Å². The Morgan fingerprint density at radius 3 is 2.35 bits per heavy atom. The van der Waals surface area contributed by atoms with Gasteiger partial charge in [0, 0.05) is 9.75 Å². The third kappa shape index (κ3) is 2.76. The van der Waals surface area contributed by atoms with E-state index in [1.165, 1.54) is 20.9 Å². The van der Waals surface area contributed by atoms with Crippen LogP contribution in [0.15, 0.2) is 36.4 Å². The van der Waals surface area contributed by atoms with E-state index < -0.39 is 0 Å². The van der Waals surface area contributed by atoms with Crippen molar-refractivity contribution in [3.05, 3.63) is 57.3 Å². The minimum absolute atomic E-state index is 0.320. The predicted molar refractivity (Wildman–Crippen MR) is 75.8 cm³/mol. The molecular formula is C15H19NS. The molecular weight excluding hydrogens is 226 g/mol. The molecule has 1 aromatic carbocycles. The SMILES string of the molecule is CCc1ccc(C(NC)c2ccc(C)cc2)s1. The van der Waals surface area contributed by atoms with Gasteiger partial charge in [0.25, 0.3) is 0 Å². The monoisotopic (exact) mass is 245 g/mol. The Hall–Kier alpha value is -1.12. The second-order valence-electron chi connectivity index (χ2n) is 4.29. The van der Waals surface area contributed by atoms with Crippen LogP contribution in [0, 0.1) is 6.92 Å². The van der Waals surface area contributed by atoms with Crippen LogP contribution in [0.25, 0.3) is 0 Å². The average molecular weight is 245 g/mol. The molecule has 2 heteroatoms. The van der Waals surface area contributed by atoms with Gasteiger partial charge in [-0.1, -0.05) is 36.8 Å². The summed E-state index contributed by atoms with van der Waals surface area (Å²) in [7, 11) is 2.02. The lowest BCUT2D eigenvalue weighted by Crippen LogP contribution is -2.16. The average Bonchev–Trinajstić information content (AvgIpc) is 2.81. The van der Waals surface area contributed by atoms with Crippen molar-refractivity contribution in [3.63, 3.8) is 0 Å². The van der Waals surface area contributed by atoms with Crippen LogP contribution in [0.5, 0.6) is 0 Å². The second kappa shape index (κ2) is 5.48. The lowest BCUT2D eigenvalue weighted by atomic mass is 10.0. The van der Waals surface area contributed by atoms with Crippen LogP contribution in [0.4, 0.5) is 0 Å². The molecule has 17 heavy (non-hydrogen) atoms. The normalized spacial score (nSPS) is 12.6. The number of thiophene rings is 1. The fourth-order valence-corrected chi connectivity index (χ4v) is 3.06. The molecule has 0 spiro atoms. The zero-order chi connectivity index (χ0) is 12.3. The molecule has 0 aliphatic carbocycles. The zero-order valence-electron chi connectivity index (χ0n) is 10.7. The maximum atomic E-state index is 3.40. The molecule has 0 amide bonds. The van der Waals surface area contributed by atoms with Gasteiger partial charge in [-0.05, 0) is 38.1 Å². The van der Waals surface area contributed by atoms with E-state index >= 15 is 0 Å². The third-order valence-electron chi connectivity index (χ3n) is 3.01. The van der Waals surface area contributed by atoms with E-state index in [2.05, 4.69) is 55.6 Å². The van der Waals surface area contributed by atoms with E-state index in [9.17, 15) is 0 Å². The summed E-state index contributed by atoms with van der Waals surface area (Å²) >= 11 is 1.90. The summed E-state index contributed by atoms with van der Waals surface area (Å²) < 4.78 is 0. The smallest absolute Gasteiger partial charge is 0.0668 e. The Labute approximate surface area is 108 Å². The minimum atomic E-state index is 0.320. The van der Waals surface area contributed by atoms with Gasteiger partial charge in [-0.2, -0.15) is 0 Å². The molecule has 1 aromatic heterocycles. The number of nitrogens with one attached hydrogen (secondary N) is 1. The summed E-state index contributed by atoms with van der Waals surface area (Å²) in [6.45, 7) is 4.33. The van der Waals surface area contributed by atoms with Crippen molar-refractivity contribution in [1.29, 1.82) is 0 Å². The molecule has 0 bridgehead atoms. The van der Waals surface area contributed by atoms with Gasteiger partial charge in [0.2, 0.25) is 0 Å². The van der Waals surface area contributed by atoms with Gasteiger partial charge >= 0.3 is 0 Å². The van der Waals surface area contributed by atoms with Gasteiger partial charge in [0.1, 0.15) is 0 Å². The standard InChI is InChI=1S/C15H19NS/c1-4-13-9-10-14(17-13)15(16-3)12-7-5-11(2)6-8-12/h5-10,15-16H,4H2,1-3H3. The summed E-state index contributed by atoms with van der Waals surface area (Å²) in [6, 6.07) is 13.6. The molecule has 2 aromatic rings. The van der Waals surface area contributed by atoms with E-state index in [0.717, 1.165) is 6.42 Å². The summed E-state index contributed by atoms with van der Waals surface area (Å²) in [5.74, 6) is 0. The van der Waals surface area contributed by atoms with Gasteiger partial charge in [0.15, 0.2) is 0 Å². The summed E-state index contributed by atoms with van der Waals surface area (Å²) in [4.78, 5) is 2.85. The van der Waals surface area contributed by atoms with Gasteiger partial charge in [-0.15, -0.1) is 11.3 Å². The van der Waals surface area contributed by atoms with Gasteiger partial charge in [-0.25, -0.2) is 0 Å². The first kappa shape index (κ1) is 12.3. The number of benzene rings is 1. The molecule has 0 fully saturated rings. The molecule has 1 nitrogen and oxygen atoms in total. The molecule has 1 atom stereocenters. The topological polar surface area (TPSA) is 12.0 Å². The summed E-state index contributed by atoms with van der Waals surface area (Å²) in [5.41, 5.74) is 2.65. The van der Waals surface area contributed by atoms with Gasteiger partial charge in [0.05, 0.1) is 6.04 Å². The van der Waals surface area contributed by atoms with Crippen molar-refractivity contribution < 1.29 is 0 Å². The van der Waals surface area contributed by atoms with E-state index in [1.807, 2.05) is 18.4 Å².